The first kappa shape index (κ1) is 14.4. The van der Waals surface area contributed by atoms with Crippen LogP contribution >= 0.6 is 11.3 Å². The van der Waals surface area contributed by atoms with E-state index < -0.39 is 12.6 Å². The monoisotopic (exact) mass is 321 g/mol. The molecule has 0 amide bonds. The van der Waals surface area contributed by atoms with Gasteiger partial charge in [-0.3, -0.25) is 0 Å². The number of hydrogen-bond acceptors (Lipinski definition) is 5. The zero-order valence-electron chi connectivity index (χ0n) is 11.0. The number of carbonyl (C=O) groups is 1. The Morgan fingerprint density at radius 3 is 2.82 bits per heavy atom. The average Bonchev–Trinajstić information content (AvgIpc) is 3.10. The molecule has 3 rings (SSSR count). The topological polar surface area (TPSA) is 47.9 Å². The number of ether oxygens (including phenoxy) is 2. The number of cyclic esters (lactones) is 1. The van der Waals surface area contributed by atoms with E-state index in [0.29, 0.717) is 0 Å². The molecule has 0 spiro atoms. The molecule has 0 bridgehead atoms. The number of aliphatic imine (C=N–C) groups is 1. The van der Waals surface area contributed by atoms with Gasteiger partial charge >= 0.3 is 12.6 Å². The molecular weight excluding hydrogens is 312 g/mol. The van der Waals surface area contributed by atoms with E-state index in [1.54, 1.807) is 18.2 Å². The molecule has 1 aromatic carbocycles. The van der Waals surface area contributed by atoms with Crippen LogP contribution in [0, 0.1) is 0 Å². The van der Waals surface area contributed by atoms with Crippen LogP contribution in [0.2, 0.25) is 0 Å². The molecule has 2 aromatic rings. The number of thiophene rings is 1. The number of hydrogen-bond donors (Lipinski definition) is 0. The van der Waals surface area contributed by atoms with Gasteiger partial charge in [-0.05, 0) is 40.6 Å². The maximum absolute atomic E-state index is 12.4. The Labute approximate surface area is 128 Å². The van der Waals surface area contributed by atoms with E-state index in [-0.39, 0.29) is 22.9 Å². The fraction of sp³-hybridized carbons (Fsp3) is 0.0667. The van der Waals surface area contributed by atoms with Gasteiger partial charge in [-0.25, -0.2) is 9.79 Å². The minimum atomic E-state index is -2.97. The van der Waals surface area contributed by atoms with Gasteiger partial charge in [-0.2, -0.15) is 20.1 Å². The molecule has 0 saturated carbocycles. The van der Waals surface area contributed by atoms with E-state index in [2.05, 4.69) is 9.73 Å². The highest BCUT2D eigenvalue weighted by atomic mass is 32.1. The van der Waals surface area contributed by atoms with Gasteiger partial charge in [0, 0.05) is 0 Å². The number of rotatable bonds is 4. The molecule has 22 heavy (non-hydrogen) atoms. The van der Waals surface area contributed by atoms with Crippen LogP contribution in [0.3, 0.4) is 0 Å². The van der Waals surface area contributed by atoms with Crippen LogP contribution in [0.5, 0.6) is 5.75 Å². The summed E-state index contributed by atoms with van der Waals surface area (Å²) in [5.74, 6) is -0.781. The van der Waals surface area contributed by atoms with Crippen LogP contribution in [0.1, 0.15) is 11.1 Å². The predicted octanol–water partition coefficient (Wildman–Crippen LogP) is 3.69. The third-order valence-electron chi connectivity index (χ3n) is 2.80. The Kier molecular flexibility index (Phi) is 3.97. The quantitative estimate of drug-likeness (QED) is 0.637. The molecule has 7 heteroatoms. The van der Waals surface area contributed by atoms with Gasteiger partial charge < -0.3 is 9.47 Å². The summed E-state index contributed by atoms with van der Waals surface area (Å²) in [4.78, 5) is 15.9. The summed E-state index contributed by atoms with van der Waals surface area (Å²) in [6, 6.07) is 7.84. The van der Waals surface area contributed by atoms with Crippen molar-refractivity contribution >= 4 is 29.3 Å². The standard InChI is InChI=1S/C15H9F2NO3S/c16-15(17)20-12-4-2-1-3-10(12)13-18-11(14(19)21-13)7-9-5-6-22-8-9/h1-8,15H. The first-order chi connectivity index (χ1) is 10.6. The molecule has 0 N–H and O–H groups in total. The lowest BCUT2D eigenvalue weighted by Gasteiger charge is -2.08. The average molecular weight is 321 g/mol. The van der Waals surface area contributed by atoms with E-state index in [9.17, 15) is 13.6 Å². The van der Waals surface area contributed by atoms with E-state index in [4.69, 9.17) is 4.74 Å². The number of esters is 1. The number of halogens is 2. The second-order valence-electron chi connectivity index (χ2n) is 4.27. The van der Waals surface area contributed by atoms with Crippen LogP contribution in [-0.2, 0) is 9.53 Å². The van der Waals surface area contributed by atoms with E-state index >= 15 is 0 Å². The Hall–Kier alpha value is -2.54. The molecule has 112 valence electrons. The maximum atomic E-state index is 12.4. The summed E-state index contributed by atoms with van der Waals surface area (Å²) in [6.45, 7) is -2.97. The third-order valence-corrected chi connectivity index (χ3v) is 3.50. The van der Waals surface area contributed by atoms with Gasteiger partial charge in [-0.15, -0.1) is 0 Å². The number of nitrogens with zero attached hydrogens (tertiary/aromatic N) is 1. The van der Waals surface area contributed by atoms with Crippen LogP contribution in [-0.4, -0.2) is 18.5 Å². The normalized spacial score (nSPS) is 16.0. The zero-order chi connectivity index (χ0) is 15.5. The lowest BCUT2D eigenvalue weighted by molar-refractivity contribution is -0.129. The number of benzene rings is 1. The Morgan fingerprint density at radius 1 is 1.27 bits per heavy atom. The van der Waals surface area contributed by atoms with Crippen LogP contribution in [0.4, 0.5) is 8.78 Å². The molecule has 4 nitrogen and oxygen atoms in total. The summed E-state index contributed by atoms with van der Waals surface area (Å²) in [5, 5.41) is 3.71. The van der Waals surface area contributed by atoms with Crippen LogP contribution in [0.15, 0.2) is 51.8 Å². The fourth-order valence-corrected chi connectivity index (χ4v) is 2.50. The first-order valence-electron chi connectivity index (χ1n) is 6.22. The van der Waals surface area contributed by atoms with Gasteiger partial charge in [0.15, 0.2) is 5.70 Å². The number of carbonyl (C=O) groups excluding carboxylic acids is 1. The highest BCUT2D eigenvalue weighted by Crippen LogP contribution is 2.26. The lowest BCUT2D eigenvalue weighted by atomic mass is 10.2. The molecule has 0 fully saturated rings. The van der Waals surface area contributed by atoms with Crippen LogP contribution in [0.25, 0.3) is 6.08 Å². The second kappa shape index (κ2) is 6.07. The Bertz CT molecular complexity index is 754. The number of para-hydroxylation sites is 1. The van der Waals surface area contributed by atoms with E-state index in [1.807, 2.05) is 16.8 Å². The summed E-state index contributed by atoms with van der Waals surface area (Å²) in [7, 11) is 0. The van der Waals surface area contributed by atoms with Gasteiger partial charge in [0.1, 0.15) is 5.75 Å². The summed E-state index contributed by atoms with van der Waals surface area (Å²) < 4.78 is 34.3. The summed E-state index contributed by atoms with van der Waals surface area (Å²) in [5.41, 5.74) is 1.13. The SMILES string of the molecule is O=C1OC(c2ccccc2OC(F)F)=NC1=Cc1ccsc1. The minimum Gasteiger partial charge on any atom is -0.434 e. The molecule has 1 aliphatic heterocycles. The van der Waals surface area contributed by atoms with Crippen molar-refractivity contribution < 1.29 is 23.0 Å². The van der Waals surface area contributed by atoms with Gasteiger partial charge in [-0.1, -0.05) is 12.1 Å². The highest BCUT2D eigenvalue weighted by Gasteiger charge is 2.26. The molecule has 2 heterocycles. The van der Waals surface area contributed by atoms with Gasteiger partial charge in [0.25, 0.3) is 0 Å². The maximum Gasteiger partial charge on any atom is 0.387 e. The van der Waals surface area contributed by atoms with Crippen molar-refractivity contribution in [1.82, 2.24) is 0 Å². The third kappa shape index (κ3) is 3.04. The van der Waals surface area contributed by atoms with E-state index in [1.165, 1.54) is 23.5 Å². The molecule has 1 aliphatic rings. The largest absolute Gasteiger partial charge is 0.434 e. The Balaban J connectivity index is 1.95. The molecular formula is C15H9F2NO3S. The van der Waals surface area contributed by atoms with Crippen molar-refractivity contribution in [2.24, 2.45) is 4.99 Å². The minimum absolute atomic E-state index is 0.0530. The van der Waals surface area contributed by atoms with Crippen LogP contribution < -0.4 is 4.74 Å². The smallest absolute Gasteiger partial charge is 0.387 e. The molecule has 0 atom stereocenters. The van der Waals surface area contributed by atoms with Crippen molar-refractivity contribution in [2.75, 3.05) is 0 Å². The molecule has 0 aliphatic carbocycles. The van der Waals surface area contributed by atoms with Crippen molar-refractivity contribution in [3.8, 4) is 5.75 Å². The zero-order valence-corrected chi connectivity index (χ0v) is 11.8. The summed E-state index contributed by atoms with van der Waals surface area (Å²) in [6.07, 6.45) is 1.57. The Morgan fingerprint density at radius 2 is 2.09 bits per heavy atom. The lowest BCUT2D eigenvalue weighted by Crippen LogP contribution is -2.10. The molecule has 0 radical (unpaired) electrons. The molecule has 1 aromatic heterocycles. The van der Waals surface area contributed by atoms with Gasteiger partial charge in [0.2, 0.25) is 5.90 Å². The summed E-state index contributed by atoms with van der Waals surface area (Å²) >= 11 is 1.48. The predicted molar refractivity (Wildman–Crippen MR) is 78.0 cm³/mol. The highest BCUT2D eigenvalue weighted by molar-refractivity contribution is 7.08. The van der Waals surface area contributed by atoms with E-state index in [0.717, 1.165) is 5.56 Å². The van der Waals surface area contributed by atoms with Crippen molar-refractivity contribution in [3.05, 3.63) is 57.9 Å². The van der Waals surface area contributed by atoms with Crippen molar-refractivity contribution in [2.45, 2.75) is 6.61 Å². The van der Waals surface area contributed by atoms with Crippen molar-refractivity contribution in [1.29, 1.82) is 0 Å². The molecule has 0 saturated heterocycles. The van der Waals surface area contributed by atoms with Crippen molar-refractivity contribution in [3.63, 3.8) is 0 Å². The second-order valence-corrected chi connectivity index (χ2v) is 5.05. The molecule has 0 unspecified atom stereocenters. The van der Waals surface area contributed by atoms with Gasteiger partial charge in [0.05, 0.1) is 5.56 Å². The first-order valence-corrected chi connectivity index (χ1v) is 7.17. The fourth-order valence-electron chi connectivity index (χ4n) is 1.88. The number of alkyl halides is 2.